The van der Waals surface area contributed by atoms with Gasteiger partial charge >= 0.3 is 6.09 Å². The lowest BCUT2D eigenvalue weighted by atomic mass is 9.77. The molecule has 1 N–H and O–H groups in total. The molecule has 0 saturated carbocycles. The van der Waals surface area contributed by atoms with Crippen molar-refractivity contribution in [3.05, 3.63) is 59.7 Å². The first-order chi connectivity index (χ1) is 19.3. The quantitative estimate of drug-likeness (QED) is 0.460. The van der Waals surface area contributed by atoms with Crippen molar-refractivity contribution in [1.29, 1.82) is 0 Å². The summed E-state index contributed by atoms with van der Waals surface area (Å²) in [7, 11) is -1.62. The predicted molar refractivity (Wildman–Crippen MR) is 157 cm³/mol. The SMILES string of the molecule is COc1cccc(C(CCN2CCC3(CC2)CCN(Cc2ccc(S(C)(=O)=O)cc2)C3=O)NC(=O)OC(C)(C)C)c1. The van der Waals surface area contributed by atoms with Crippen molar-refractivity contribution in [3.8, 4) is 5.75 Å². The smallest absolute Gasteiger partial charge is 0.408 e. The van der Waals surface area contributed by atoms with Gasteiger partial charge in [-0.15, -0.1) is 0 Å². The van der Waals surface area contributed by atoms with Gasteiger partial charge in [-0.2, -0.15) is 0 Å². The molecule has 1 spiro atoms. The zero-order valence-electron chi connectivity index (χ0n) is 24.8. The Balaban J connectivity index is 1.33. The van der Waals surface area contributed by atoms with E-state index in [0.717, 1.165) is 55.8 Å². The highest BCUT2D eigenvalue weighted by Gasteiger charge is 2.47. The van der Waals surface area contributed by atoms with E-state index in [-0.39, 0.29) is 22.3 Å². The molecule has 1 unspecified atom stereocenters. The zero-order valence-corrected chi connectivity index (χ0v) is 25.6. The van der Waals surface area contributed by atoms with Gasteiger partial charge in [-0.1, -0.05) is 24.3 Å². The van der Waals surface area contributed by atoms with Crippen LogP contribution in [0.15, 0.2) is 53.4 Å². The summed E-state index contributed by atoms with van der Waals surface area (Å²) in [6.45, 7) is 9.15. The molecule has 10 heteroatoms. The Labute approximate surface area is 244 Å². The van der Waals surface area contributed by atoms with Gasteiger partial charge in [0.25, 0.3) is 0 Å². The van der Waals surface area contributed by atoms with Crippen LogP contribution in [0.3, 0.4) is 0 Å². The third-order valence-corrected chi connectivity index (χ3v) is 9.19. The molecule has 0 bridgehead atoms. The summed E-state index contributed by atoms with van der Waals surface area (Å²) in [5.74, 6) is 0.930. The number of nitrogens with one attached hydrogen (secondary N) is 1. The summed E-state index contributed by atoms with van der Waals surface area (Å²) in [6.07, 6.45) is 3.89. The number of carbonyl (C=O) groups excluding carboxylic acids is 2. The zero-order chi connectivity index (χ0) is 29.8. The topological polar surface area (TPSA) is 105 Å². The van der Waals surface area contributed by atoms with Crippen molar-refractivity contribution in [2.75, 3.05) is 39.5 Å². The van der Waals surface area contributed by atoms with Gasteiger partial charge in [-0.05, 0) is 94.9 Å². The van der Waals surface area contributed by atoms with E-state index in [9.17, 15) is 18.0 Å². The van der Waals surface area contributed by atoms with E-state index in [2.05, 4.69) is 10.2 Å². The summed E-state index contributed by atoms with van der Waals surface area (Å²) < 4.78 is 34.4. The van der Waals surface area contributed by atoms with Crippen molar-refractivity contribution >= 4 is 21.8 Å². The maximum absolute atomic E-state index is 13.5. The summed E-state index contributed by atoms with van der Waals surface area (Å²) in [4.78, 5) is 30.7. The van der Waals surface area contributed by atoms with E-state index in [4.69, 9.17) is 9.47 Å². The molecular weight excluding hydrogens is 542 g/mol. The number of methoxy groups -OCH3 is 1. The molecule has 2 saturated heterocycles. The van der Waals surface area contributed by atoms with E-state index in [0.29, 0.717) is 19.5 Å². The number of ether oxygens (including phenoxy) is 2. The highest BCUT2D eigenvalue weighted by Crippen LogP contribution is 2.42. The standard InChI is InChI=1S/C31H43N3O6S/c1-30(2,3)40-29(36)32-27(24-7-6-8-25(21-24)39-4)13-17-33-18-14-31(15-19-33)16-20-34(28(31)35)22-23-9-11-26(12-10-23)41(5,37)38/h6-12,21,27H,13-20,22H2,1-5H3,(H,32,36). The molecule has 2 aliphatic rings. The maximum atomic E-state index is 13.5. The molecule has 2 amide bonds. The highest BCUT2D eigenvalue weighted by atomic mass is 32.2. The molecule has 2 heterocycles. The van der Waals surface area contributed by atoms with Crippen LogP contribution in [-0.4, -0.2) is 75.4 Å². The van der Waals surface area contributed by atoms with Crippen LogP contribution >= 0.6 is 0 Å². The van der Waals surface area contributed by atoms with E-state index in [1.54, 1.807) is 31.4 Å². The number of hydrogen-bond donors (Lipinski definition) is 1. The molecule has 2 aliphatic heterocycles. The van der Waals surface area contributed by atoms with Crippen LogP contribution in [0.5, 0.6) is 5.75 Å². The van der Waals surface area contributed by atoms with Crippen molar-refractivity contribution in [2.45, 2.75) is 69.5 Å². The Bertz CT molecular complexity index is 1330. The Hall–Kier alpha value is -3.11. The number of hydrogen-bond acceptors (Lipinski definition) is 7. The second-order valence-corrected chi connectivity index (χ2v) is 14.3. The number of alkyl carbamates (subject to hydrolysis) is 1. The molecule has 2 aromatic carbocycles. The van der Waals surface area contributed by atoms with E-state index in [1.807, 2.05) is 49.9 Å². The van der Waals surface area contributed by atoms with Gasteiger partial charge < -0.3 is 24.6 Å². The van der Waals surface area contributed by atoms with Gasteiger partial charge in [0.1, 0.15) is 11.4 Å². The van der Waals surface area contributed by atoms with Crippen LogP contribution in [0.1, 0.15) is 63.6 Å². The Morgan fingerprint density at radius 1 is 1.05 bits per heavy atom. The van der Waals surface area contributed by atoms with Gasteiger partial charge in [0.2, 0.25) is 5.91 Å². The second kappa shape index (κ2) is 12.4. The molecule has 0 aromatic heterocycles. The average molecular weight is 586 g/mol. The number of carbonyl (C=O) groups is 2. The molecule has 0 radical (unpaired) electrons. The van der Waals surface area contributed by atoms with E-state index in [1.165, 1.54) is 6.26 Å². The average Bonchev–Trinajstić information content (AvgIpc) is 3.20. The lowest BCUT2D eigenvalue weighted by molar-refractivity contribution is -0.138. The van der Waals surface area contributed by atoms with Gasteiger partial charge in [0.15, 0.2) is 9.84 Å². The first kappa shape index (κ1) is 30.8. The summed E-state index contributed by atoms with van der Waals surface area (Å²) >= 11 is 0. The number of likely N-dealkylation sites (tertiary alicyclic amines) is 2. The molecule has 9 nitrogen and oxygen atoms in total. The van der Waals surface area contributed by atoms with Crippen LogP contribution in [-0.2, 0) is 25.9 Å². The first-order valence-electron chi connectivity index (χ1n) is 14.2. The van der Waals surface area contributed by atoms with E-state index < -0.39 is 21.5 Å². The molecule has 1 atom stereocenters. The van der Waals surface area contributed by atoms with Crippen LogP contribution in [0, 0.1) is 5.41 Å². The van der Waals surface area contributed by atoms with Gasteiger partial charge in [-0.25, -0.2) is 13.2 Å². The first-order valence-corrected chi connectivity index (χ1v) is 16.1. The van der Waals surface area contributed by atoms with Crippen LogP contribution in [0.25, 0.3) is 0 Å². The number of benzene rings is 2. The number of piperidine rings is 1. The minimum Gasteiger partial charge on any atom is -0.497 e. The molecule has 2 aromatic rings. The third-order valence-electron chi connectivity index (χ3n) is 8.06. The fourth-order valence-electron chi connectivity index (χ4n) is 5.72. The Morgan fingerprint density at radius 3 is 2.32 bits per heavy atom. The minimum absolute atomic E-state index is 0.199. The van der Waals surface area contributed by atoms with Crippen molar-refractivity contribution in [2.24, 2.45) is 5.41 Å². The molecule has 0 aliphatic carbocycles. The molecule has 4 rings (SSSR count). The largest absolute Gasteiger partial charge is 0.497 e. The summed E-state index contributed by atoms with van der Waals surface area (Å²) in [5, 5.41) is 3.04. The summed E-state index contributed by atoms with van der Waals surface area (Å²) in [5.41, 5.74) is 0.964. The van der Waals surface area contributed by atoms with Crippen LogP contribution < -0.4 is 10.1 Å². The van der Waals surface area contributed by atoms with E-state index >= 15 is 0 Å². The molecule has 2 fully saturated rings. The predicted octanol–water partition coefficient (Wildman–Crippen LogP) is 4.57. The molecular formula is C31H43N3O6S. The maximum Gasteiger partial charge on any atom is 0.408 e. The lowest BCUT2D eigenvalue weighted by Crippen LogP contribution is -2.45. The normalized spacial score (nSPS) is 18.4. The number of sulfone groups is 1. The monoisotopic (exact) mass is 585 g/mol. The minimum atomic E-state index is -3.25. The van der Waals surface area contributed by atoms with Gasteiger partial charge in [-0.3, -0.25) is 4.79 Å². The van der Waals surface area contributed by atoms with Gasteiger partial charge in [0.05, 0.1) is 23.5 Å². The fraction of sp³-hybridized carbons (Fsp3) is 0.548. The third kappa shape index (κ3) is 8.01. The molecule has 224 valence electrons. The second-order valence-electron chi connectivity index (χ2n) is 12.3. The van der Waals surface area contributed by atoms with Gasteiger partial charge in [0, 0.05) is 25.9 Å². The summed E-state index contributed by atoms with van der Waals surface area (Å²) in [6, 6.07) is 14.3. The van der Waals surface area contributed by atoms with Crippen molar-refractivity contribution in [3.63, 3.8) is 0 Å². The lowest BCUT2D eigenvalue weighted by Gasteiger charge is -2.38. The number of rotatable bonds is 9. The Morgan fingerprint density at radius 2 is 1.71 bits per heavy atom. The fourth-order valence-corrected chi connectivity index (χ4v) is 6.35. The van der Waals surface area contributed by atoms with Crippen LogP contribution in [0.4, 0.5) is 4.79 Å². The van der Waals surface area contributed by atoms with Crippen molar-refractivity contribution in [1.82, 2.24) is 15.1 Å². The number of nitrogens with zero attached hydrogens (tertiary/aromatic N) is 2. The number of amides is 2. The highest BCUT2D eigenvalue weighted by molar-refractivity contribution is 7.90. The van der Waals surface area contributed by atoms with Crippen LogP contribution in [0.2, 0.25) is 0 Å². The van der Waals surface area contributed by atoms with Crippen molar-refractivity contribution < 1.29 is 27.5 Å². The molecule has 41 heavy (non-hydrogen) atoms. The Kier molecular flexibility index (Phi) is 9.33.